The van der Waals surface area contributed by atoms with Gasteiger partial charge in [-0.2, -0.15) is 0 Å². The van der Waals surface area contributed by atoms with E-state index in [1.54, 1.807) is 0 Å². The van der Waals surface area contributed by atoms with Crippen molar-refractivity contribution in [3.63, 3.8) is 0 Å². The van der Waals surface area contributed by atoms with Gasteiger partial charge in [-0.3, -0.25) is 4.99 Å². The van der Waals surface area contributed by atoms with Gasteiger partial charge in [0, 0.05) is 5.92 Å². The summed E-state index contributed by atoms with van der Waals surface area (Å²) in [6.45, 7) is 3.97. The maximum atomic E-state index is 12.3. The van der Waals surface area contributed by atoms with Crippen molar-refractivity contribution in [1.82, 2.24) is 0 Å². The SMILES string of the molecule is CCC1C(N)=NC(C(F)F)C[C@H]1C. The molecule has 0 saturated carbocycles. The van der Waals surface area contributed by atoms with E-state index in [0.717, 1.165) is 6.42 Å². The molecule has 2 nitrogen and oxygen atoms in total. The summed E-state index contributed by atoms with van der Waals surface area (Å²) in [4.78, 5) is 3.83. The van der Waals surface area contributed by atoms with Crippen molar-refractivity contribution in [2.24, 2.45) is 22.6 Å². The Hall–Kier alpha value is -0.670. The van der Waals surface area contributed by atoms with Gasteiger partial charge in [0.05, 0.1) is 5.84 Å². The van der Waals surface area contributed by atoms with E-state index in [4.69, 9.17) is 5.73 Å². The standard InChI is InChI=1S/C9H16F2N2/c1-3-6-5(2)4-7(8(10)11)13-9(6)12/h5-8H,3-4H2,1-2H3,(H2,12,13)/t5-,6?,7?/m1/s1. The third-order valence-electron chi connectivity index (χ3n) is 2.73. The molecule has 0 amide bonds. The van der Waals surface area contributed by atoms with Crippen LogP contribution in [-0.4, -0.2) is 18.3 Å². The van der Waals surface area contributed by atoms with Crippen molar-refractivity contribution < 1.29 is 8.78 Å². The zero-order chi connectivity index (χ0) is 10.0. The van der Waals surface area contributed by atoms with Gasteiger partial charge in [0.2, 0.25) is 0 Å². The van der Waals surface area contributed by atoms with Crippen LogP contribution in [0, 0.1) is 11.8 Å². The van der Waals surface area contributed by atoms with Crippen molar-refractivity contribution in [2.75, 3.05) is 0 Å². The molecule has 0 aromatic heterocycles. The molecule has 2 N–H and O–H groups in total. The predicted molar refractivity (Wildman–Crippen MR) is 49.0 cm³/mol. The van der Waals surface area contributed by atoms with Gasteiger partial charge >= 0.3 is 0 Å². The van der Waals surface area contributed by atoms with Gasteiger partial charge in [-0.25, -0.2) is 8.78 Å². The third-order valence-corrected chi connectivity index (χ3v) is 2.73. The maximum Gasteiger partial charge on any atom is 0.260 e. The van der Waals surface area contributed by atoms with Crippen LogP contribution >= 0.6 is 0 Å². The maximum absolute atomic E-state index is 12.3. The van der Waals surface area contributed by atoms with Crippen LogP contribution in [0.5, 0.6) is 0 Å². The molecule has 0 radical (unpaired) electrons. The number of hydrogen-bond donors (Lipinski definition) is 1. The predicted octanol–water partition coefficient (Wildman–Crippen LogP) is 2.04. The number of nitrogens with zero attached hydrogens (tertiary/aromatic N) is 1. The topological polar surface area (TPSA) is 38.4 Å². The van der Waals surface area contributed by atoms with Crippen LogP contribution in [0.4, 0.5) is 8.78 Å². The fourth-order valence-corrected chi connectivity index (χ4v) is 1.95. The normalized spacial score (nSPS) is 34.8. The third kappa shape index (κ3) is 2.17. The average Bonchev–Trinajstić information content (AvgIpc) is 2.03. The molecule has 1 heterocycles. The minimum Gasteiger partial charge on any atom is -0.387 e. The second kappa shape index (κ2) is 4.03. The Kier molecular flexibility index (Phi) is 3.22. The Morgan fingerprint density at radius 3 is 2.62 bits per heavy atom. The van der Waals surface area contributed by atoms with Gasteiger partial charge in [-0.1, -0.05) is 13.8 Å². The van der Waals surface area contributed by atoms with Gasteiger partial charge in [-0.15, -0.1) is 0 Å². The number of aliphatic imine (C=N–C) groups is 1. The molecule has 1 aliphatic rings. The summed E-state index contributed by atoms with van der Waals surface area (Å²) < 4.78 is 24.7. The summed E-state index contributed by atoms with van der Waals surface area (Å²) in [6.07, 6.45) is -1.04. The number of rotatable bonds is 2. The Labute approximate surface area is 77.2 Å². The Bertz CT molecular complexity index is 204. The first kappa shape index (κ1) is 10.4. The molecular weight excluding hydrogens is 174 g/mol. The van der Waals surface area contributed by atoms with Gasteiger partial charge in [-0.05, 0) is 18.8 Å². The van der Waals surface area contributed by atoms with Crippen molar-refractivity contribution in [1.29, 1.82) is 0 Å². The molecular formula is C9H16F2N2. The number of alkyl halides is 2. The van der Waals surface area contributed by atoms with Crippen LogP contribution in [0.2, 0.25) is 0 Å². The second-order valence-corrected chi connectivity index (χ2v) is 3.68. The Balaban J connectivity index is 2.75. The second-order valence-electron chi connectivity index (χ2n) is 3.68. The number of nitrogens with two attached hydrogens (primary N) is 1. The summed E-state index contributed by atoms with van der Waals surface area (Å²) in [7, 11) is 0. The first-order valence-corrected chi connectivity index (χ1v) is 4.67. The van der Waals surface area contributed by atoms with Crippen LogP contribution in [0.3, 0.4) is 0 Å². The van der Waals surface area contributed by atoms with E-state index in [9.17, 15) is 8.78 Å². The molecule has 4 heteroatoms. The molecule has 0 bridgehead atoms. The highest BCUT2D eigenvalue weighted by atomic mass is 19.3. The van der Waals surface area contributed by atoms with E-state index in [2.05, 4.69) is 4.99 Å². The monoisotopic (exact) mass is 190 g/mol. The van der Waals surface area contributed by atoms with Gasteiger partial charge in [0.1, 0.15) is 6.04 Å². The van der Waals surface area contributed by atoms with E-state index >= 15 is 0 Å². The molecule has 2 unspecified atom stereocenters. The molecule has 0 spiro atoms. The first-order valence-electron chi connectivity index (χ1n) is 4.67. The van der Waals surface area contributed by atoms with E-state index in [-0.39, 0.29) is 11.8 Å². The molecule has 76 valence electrons. The zero-order valence-electron chi connectivity index (χ0n) is 8.00. The van der Waals surface area contributed by atoms with Crippen molar-refractivity contribution >= 4 is 5.84 Å². The van der Waals surface area contributed by atoms with Crippen LogP contribution in [-0.2, 0) is 0 Å². The summed E-state index contributed by atoms with van der Waals surface area (Å²) >= 11 is 0. The quantitative estimate of drug-likeness (QED) is 0.711. The molecule has 3 atom stereocenters. The fourth-order valence-electron chi connectivity index (χ4n) is 1.95. The lowest BCUT2D eigenvalue weighted by molar-refractivity contribution is 0.0978. The molecule has 0 aromatic rings. The molecule has 0 fully saturated rings. The molecule has 0 aromatic carbocycles. The minimum atomic E-state index is -2.38. The summed E-state index contributed by atoms with van der Waals surface area (Å²) in [6, 6.07) is -0.877. The average molecular weight is 190 g/mol. The van der Waals surface area contributed by atoms with Crippen molar-refractivity contribution in [3.8, 4) is 0 Å². The van der Waals surface area contributed by atoms with Crippen molar-refractivity contribution in [2.45, 2.75) is 39.2 Å². The molecule has 0 saturated heterocycles. The summed E-state index contributed by atoms with van der Waals surface area (Å²) in [5.41, 5.74) is 5.62. The van der Waals surface area contributed by atoms with Gasteiger partial charge in [0.25, 0.3) is 6.43 Å². The largest absolute Gasteiger partial charge is 0.387 e. The van der Waals surface area contributed by atoms with Crippen molar-refractivity contribution in [3.05, 3.63) is 0 Å². The lowest BCUT2D eigenvalue weighted by Gasteiger charge is -2.30. The van der Waals surface area contributed by atoms with Gasteiger partial charge < -0.3 is 5.73 Å². The van der Waals surface area contributed by atoms with E-state index in [1.165, 1.54) is 0 Å². The lowest BCUT2D eigenvalue weighted by atomic mass is 9.83. The smallest absolute Gasteiger partial charge is 0.260 e. The highest BCUT2D eigenvalue weighted by Crippen LogP contribution is 2.29. The van der Waals surface area contributed by atoms with E-state index in [1.807, 2.05) is 13.8 Å². The van der Waals surface area contributed by atoms with E-state index < -0.39 is 12.5 Å². The summed E-state index contributed by atoms with van der Waals surface area (Å²) in [5.74, 6) is 0.822. The molecule has 1 aliphatic heterocycles. The van der Waals surface area contributed by atoms with Crippen LogP contribution in [0.1, 0.15) is 26.7 Å². The highest BCUT2D eigenvalue weighted by Gasteiger charge is 2.32. The first-order chi connectivity index (χ1) is 6.06. The fraction of sp³-hybridized carbons (Fsp3) is 0.889. The molecule has 13 heavy (non-hydrogen) atoms. The van der Waals surface area contributed by atoms with Gasteiger partial charge in [0.15, 0.2) is 0 Å². The van der Waals surface area contributed by atoms with E-state index in [0.29, 0.717) is 12.3 Å². The Morgan fingerprint density at radius 1 is 1.62 bits per heavy atom. The molecule has 0 aliphatic carbocycles. The number of hydrogen-bond acceptors (Lipinski definition) is 2. The number of amidine groups is 1. The summed E-state index contributed by atoms with van der Waals surface area (Å²) in [5, 5.41) is 0. The minimum absolute atomic E-state index is 0.190. The zero-order valence-corrected chi connectivity index (χ0v) is 8.00. The van der Waals surface area contributed by atoms with Crippen LogP contribution in [0.15, 0.2) is 4.99 Å². The van der Waals surface area contributed by atoms with Crippen LogP contribution in [0.25, 0.3) is 0 Å². The van der Waals surface area contributed by atoms with Crippen LogP contribution < -0.4 is 5.73 Å². The molecule has 1 rings (SSSR count). The highest BCUT2D eigenvalue weighted by molar-refractivity contribution is 5.83. The lowest BCUT2D eigenvalue weighted by Crippen LogP contribution is -2.38. The number of halogens is 2. The Morgan fingerprint density at radius 2 is 2.23 bits per heavy atom.